The SMILES string of the molecule is CC(C)CCOCCNC1=NCC(C)S1. The summed E-state index contributed by atoms with van der Waals surface area (Å²) in [7, 11) is 0. The van der Waals surface area contributed by atoms with Crippen LogP contribution in [0.5, 0.6) is 0 Å². The van der Waals surface area contributed by atoms with E-state index in [1.165, 1.54) is 0 Å². The van der Waals surface area contributed by atoms with Crippen LogP contribution in [0, 0.1) is 5.92 Å². The van der Waals surface area contributed by atoms with Crippen molar-refractivity contribution in [1.82, 2.24) is 5.32 Å². The largest absolute Gasteiger partial charge is 0.380 e. The van der Waals surface area contributed by atoms with Crippen LogP contribution < -0.4 is 5.32 Å². The monoisotopic (exact) mass is 230 g/mol. The van der Waals surface area contributed by atoms with E-state index in [4.69, 9.17) is 4.74 Å². The van der Waals surface area contributed by atoms with Gasteiger partial charge in [0.1, 0.15) is 0 Å². The topological polar surface area (TPSA) is 33.6 Å². The summed E-state index contributed by atoms with van der Waals surface area (Å²) in [5, 5.41) is 5.00. The van der Waals surface area contributed by atoms with Crippen molar-refractivity contribution >= 4 is 16.9 Å². The molecule has 3 nitrogen and oxygen atoms in total. The van der Waals surface area contributed by atoms with Crippen LogP contribution in [0.1, 0.15) is 27.2 Å². The van der Waals surface area contributed by atoms with Gasteiger partial charge < -0.3 is 10.1 Å². The minimum absolute atomic E-state index is 0.634. The van der Waals surface area contributed by atoms with Gasteiger partial charge in [0.15, 0.2) is 5.17 Å². The molecule has 0 spiro atoms. The summed E-state index contributed by atoms with van der Waals surface area (Å²) in [5.41, 5.74) is 0. The predicted octanol–water partition coefficient (Wildman–Crippen LogP) is 2.13. The maximum absolute atomic E-state index is 5.50. The average molecular weight is 230 g/mol. The Morgan fingerprint density at radius 3 is 2.93 bits per heavy atom. The lowest BCUT2D eigenvalue weighted by molar-refractivity contribution is 0.128. The van der Waals surface area contributed by atoms with Gasteiger partial charge >= 0.3 is 0 Å². The molecule has 1 heterocycles. The van der Waals surface area contributed by atoms with Gasteiger partial charge in [0.2, 0.25) is 0 Å². The van der Waals surface area contributed by atoms with Crippen LogP contribution in [0.15, 0.2) is 4.99 Å². The smallest absolute Gasteiger partial charge is 0.156 e. The number of ether oxygens (including phenoxy) is 1. The molecule has 1 N–H and O–H groups in total. The molecule has 0 bridgehead atoms. The third-order valence-electron chi connectivity index (χ3n) is 2.17. The summed E-state index contributed by atoms with van der Waals surface area (Å²) < 4.78 is 5.50. The van der Waals surface area contributed by atoms with E-state index in [0.29, 0.717) is 5.25 Å². The fourth-order valence-electron chi connectivity index (χ4n) is 1.23. The zero-order valence-electron chi connectivity index (χ0n) is 9.95. The van der Waals surface area contributed by atoms with Gasteiger partial charge in [0.05, 0.1) is 13.2 Å². The van der Waals surface area contributed by atoms with Gasteiger partial charge in [0, 0.05) is 18.4 Å². The minimum Gasteiger partial charge on any atom is -0.380 e. The Bertz CT molecular complexity index is 207. The van der Waals surface area contributed by atoms with E-state index < -0.39 is 0 Å². The van der Waals surface area contributed by atoms with Crippen LogP contribution in [-0.4, -0.2) is 36.7 Å². The Hall–Kier alpha value is -0.220. The Kier molecular flexibility index (Phi) is 6.10. The fourth-order valence-corrected chi connectivity index (χ4v) is 2.09. The first-order chi connectivity index (χ1) is 7.18. The van der Waals surface area contributed by atoms with Crippen molar-refractivity contribution in [2.75, 3.05) is 26.3 Å². The van der Waals surface area contributed by atoms with E-state index in [-0.39, 0.29) is 0 Å². The van der Waals surface area contributed by atoms with Crippen LogP contribution >= 0.6 is 11.8 Å². The second-order valence-corrected chi connectivity index (χ2v) is 5.72. The van der Waals surface area contributed by atoms with Gasteiger partial charge in [-0.25, -0.2) is 0 Å². The summed E-state index contributed by atoms with van der Waals surface area (Å²) in [6.45, 7) is 10.1. The standard InChI is InChI=1S/C11H22N2OS/c1-9(2)4-6-14-7-5-12-11-13-8-10(3)15-11/h9-10H,4-8H2,1-3H3,(H,12,13). The zero-order chi connectivity index (χ0) is 11.1. The molecule has 0 aromatic rings. The van der Waals surface area contributed by atoms with Crippen molar-refractivity contribution in [2.45, 2.75) is 32.4 Å². The lowest BCUT2D eigenvalue weighted by atomic mass is 10.1. The molecule has 1 aliphatic rings. The number of amidine groups is 1. The summed E-state index contributed by atoms with van der Waals surface area (Å²) in [6, 6.07) is 0. The van der Waals surface area contributed by atoms with Gasteiger partial charge in [-0.3, -0.25) is 4.99 Å². The van der Waals surface area contributed by atoms with Crippen LogP contribution in [0.4, 0.5) is 0 Å². The van der Waals surface area contributed by atoms with E-state index in [1.54, 1.807) is 0 Å². The van der Waals surface area contributed by atoms with Crippen LogP contribution in [0.25, 0.3) is 0 Å². The molecule has 0 aliphatic carbocycles. The van der Waals surface area contributed by atoms with Gasteiger partial charge in [0.25, 0.3) is 0 Å². The minimum atomic E-state index is 0.634. The van der Waals surface area contributed by atoms with Crippen molar-refractivity contribution in [3.63, 3.8) is 0 Å². The second kappa shape index (κ2) is 7.12. The number of hydrogen-bond donors (Lipinski definition) is 1. The highest BCUT2D eigenvalue weighted by molar-refractivity contribution is 8.14. The molecule has 88 valence electrons. The fraction of sp³-hybridized carbons (Fsp3) is 0.909. The molecule has 0 fully saturated rings. The highest BCUT2D eigenvalue weighted by Crippen LogP contribution is 2.17. The lowest BCUT2D eigenvalue weighted by Crippen LogP contribution is -2.24. The van der Waals surface area contributed by atoms with Gasteiger partial charge in [-0.1, -0.05) is 32.5 Å². The maximum atomic E-state index is 5.50. The summed E-state index contributed by atoms with van der Waals surface area (Å²) in [6.07, 6.45) is 1.15. The van der Waals surface area contributed by atoms with E-state index in [9.17, 15) is 0 Å². The van der Waals surface area contributed by atoms with E-state index in [2.05, 4.69) is 31.1 Å². The Morgan fingerprint density at radius 1 is 1.53 bits per heavy atom. The first-order valence-corrected chi connectivity index (χ1v) is 6.59. The number of nitrogens with zero attached hydrogens (tertiary/aromatic N) is 1. The normalized spacial score (nSPS) is 20.8. The van der Waals surface area contributed by atoms with Crippen LogP contribution in [0.3, 0.4) is 0 Å². The van der Waals surface area contributed by atoms with Gasteiger partial charge in [-0.05, 0) is 12.3 Å². The molecule has 1 aliphatic heterocycles. The lowest BCUT2D eigenvalue weighted by Gasteiger charge is -2.08. The van der Waals surface area contributed by atoms with E-state index in [0.717, 1.165) is 43.8 Å². The molecule has 0 radical (unpaired) electrons. The van der Waals surface area contributed by atoms with Crippen molar-refractivity contribution in [2.24, 2.45) is 10.9 Å². The van der Waals surface area contributed by atoms with Crippen molar-refractivity contribution in [3.8, 4) is 0 Å². The summed E-state index contributed by atoms with van der Waals surface area (Å²) in [5.74, 6) is 0.730. The Balaban J connectivity index is 1.89. The molecule has 15 heavy (non-hydrogen) atoms. The Labute approximate surface area is 97.1 Å². The molecule has 0 amide bonds. The highest BCUT2D eigenvalue weighted by atomic mass is 32.2. The number of nitrogens with one attached hydrogen (secondary N) is 1. The summed E-state index contributed by atoms with van der Waals surface area (Å²) in [4.78, 5) is 4.38. The van der Waals surface area contributed by atoms with Crippen LogP contribution in [-0.2, 0) is 4.74 Å². The quantitative estimate of drug-likeness (QED) is 0.710. The predicted molar refractivity (Wildman–Crippen MR) is 67.6 cm³/mol. The maximum Gasteiger partial charge on any atom is 0.156 e. The Morgan fingerprint density at radius 2 is 2.33 bits per heavy atom. The van der Waals surface area contributed by atoms with Crippen molar-refractivity contribution < 1.29 is 4.74 Å². The van der Waals surface area contributed by atoms with Crippen LogP contribution in [0.2, 0.25) is 0 Å². The molecule has 0 saturated carbocycles. The second-order valence-electron chi connectivity index (χ2n) is 4.30. The van der Waals surface area contributed by atoms with Gasteiger partial charge in [-0.15, -0.1) is 0 Å². The first kappa shape index (κ1) is 12.8. The summed E-state index contributed by atoms with van der Waals surface area (Å²) >= 11 is 1.82. The van der Waals surface area contributed by atoms with Crippen molar-refractivity contribution in [1.29, 1.82) is 0 Å². The number of hydrogen-bond acceptors (Lipinski definition) is 4. The van der Waals surface area contributed by atoms with E-state index in [1.807, 2.05) is 11.8 Å². The molecular weight excluding hydrogens is 208 g/mol. The molecule has 0 aromatic heterocycles. The van der Waals surface area contributed by atoms with E-state index >= 15 is 0 Å². The molecular formula is C11H22N2OS. The molecule has 0 aromatic carbocycles. The number of thioether (sulfide) groups is 1. The first-order valence-electron chi connectivity index (χ1n) is 5.71. The third-order valence-corrected chi connectivity index (χ3v) is 3.22. The zero-order valence-corrected chi connectivity index (χ0v) is 10.8. The third kappa shape index (κ3) is 6.05. The highest BCUT2D eigenvalue weighted by Gasteiger charge is 2.13. The molecule has 1 atom stereocenters. The molecule has 0 saturated heterocycles. The average Bonchev–Trinajstić information content (AvgIpc) is 2.57. The molecule has 4 heteroatoms. The number of aliphatic imine (C=N–C) groups is 1. The van der Waals surface area contributed by atoms with Gasteiger partial charge in [-0.2, -0.15) is 0 Å². The van der Waals surface area contributed by atoms with Crippen molar-refractivity contribution in [3.05, 3.63) is 0 Å². The molecule has 1 rings (SSSR count). The molecule has 1 unspecified atom stereocenters. The number of rotatable bonds is 6.